The number of carbonyl (C=O) groups excluding carboxylic acids is 3. The third-order valence-electron chi connectivity index (χ3n) is 5.10. The van der Waals surface area contributed by atoms with Gasteiger partial charge < -0.3 is 16.4 Å². The molecule has 1 aliphatic rings. The molecule has 1 saturated carbocycles. The molecule has 1 aromatic rings. The lowest BCUT2D eigenvalue weighted by atomic mass is 10.0. The van der Waals surface area contributed by atoms with Crippen molar-refractivity contribution in [3.05, 3.63) is 35.9 Å². The molecule has 1 fully saturated rings. The van der Waals surface area contributed by atoms with Crippen LogP contribution in [0.1, 0.15) is 56.9 Å². The first-order valence-electron chi connectivity index (χ1n) is 9.94. The third-order valence-corrected chi connectivity index (χ3v) is 5.10. The van der Waals surface area contributed by atoms with Gasteiger partial charge in [0, 0.05) is 13.0 Å². The Morgan fingerprint density at radius 2 is 1.81 bits per heavy atom. The van der Waals surface area contributed by atoms with E-state index < -0.39 is 11.9 Å². The molecular weight excluding hydrogens is 342 g/mol. The van der Waals surface area contributed by atoms with E-state index in [1.165, 1.54) is 25.7 Å². The van der Waals surface area contributed by atoms with Crippen LogP contribution in [-0.4, -0.2) is 30.3 Å². The van der Waals surface area contributed by atoms with E-state index in [9.17, 15) is 14.4 Å². The Morgan fingerprint density at radius 1 is 1.11 bits per heavy atom. The number of nitrogens with one attached hydrogen (secondary N) is 2. The first kappa shape index (κ1) is 20.9. The molecule has 148 valence electrons. The lowest BCUT2D eigenvalue weighted by Crippen LogP contribution is -2.49. The molecular formula is C21H31N3O3. The zero-order chi connectivity index (χ0) is 19.5. The Bertz CT molecular complexity index is 612. The number of nitrogens with two attached hydrogens (primary N) is 1. The van der Waals surface area contributed by atoms with Crippen molar-refractivity contribution in [1.82, 2.24) is 10.6 Å². The maximum Gasteiger partial charge on any atom is 0.243 e. The van der Waals surface area contributed by atoms with Gasteiger partial charge in [0.15, 0.2) is 0 Å². The summed E-state index contributed by atoms with van der Waals surface area (Å²) in [6.07, 6.45) is 7.85. The van der Waals surface area contributed by atoms with Gasteiger partial charge in [-0.1, -0.05) is 56.0 Å². The van der Waals surface area contributed by atoms with Crippen molar-refractivity contribution in [3.8, 4) is 0 Å². The first-order valence-corrected chi connectivity index (χ1v) is 9.94. The maximum atomic E-state index is 12.4. The fraction of sp³-hybridized carbons (Fsp3) is 0.571. The second-order valence-electron chi connectivity index (χ2n) is 7.36. The minimum Gasteiger partial charge on any atom is -0.370 e. The molecule has 0 spiro atoms. The molecule has 6 nitrogen and oxygen atoms in total. The van der Waals surface area contributed by atoms with Gasteiger partial charge in [0.05, 0.1) is 6.42 Å². The SMILES string of the molecule is NC(=O)C[C@@H](NC(=O)CCCC1CCCC1)C(=O)NCCc1ccccc1. The van der Waals surface area contributed by atoms with Gasteiger partial charge in [-0.05, 0) is 30.7 Å². The smallest absolute Gasteiger partial charge is 0.243 e. The number of amides is 3. The van der Waals surface area contributed by atoms with Crippen molar-refractivity contribution in [2.75, 3.05) is 6.54 Å². The van der Waals surface area contributed by atoms with Crippen molar-refractivity contribution in [1.29, 1.82) is 0 Å². The van der Waals surface area contributed by atoms with E-state index in [0.717, 1.165) is 24.3 Å². The average Bonchev–Trinajstić information content (AvgIpc) is 3.15. The summed E-state index contributed by atoms with van der Waals surface area (Å²) in [4.78, 5) is 35.8. The molecule has 0 unspecified atom stereocenters. The van der Waals surface area contributed by atoms with Gasteiger partial charge in [-0.3, -0.25) is 14.4 Å². The van der Waals surface area contributed by atoms with Gasteiger partial charge in [0.1, 0.15) is 6.04 Å². The molecule has 4 N–H and O–H groups in total. The van der Waals surface area contributed by atoms with Crippen LogP contribution in [0, 0.1) is 5.92 Å². The third kappa shape index (κ3) is 8.24. The van der Waals surface area contributed by atoms with Gasteiger partial charge in [0.2, 0.25) is 17.7 Å². The highest BCUT2D eigenvalue weighted by Crippen LogP contribution is 2.28. The van der Waals surface area contributed by atoms with Crippen LogP contribution in [0.4, 0.5) is 0 Å². The van der Waals surface area contributed by atoms with Gasteiger partial charge in [-0.15, -0.1) is 0 Å². The van der Waals surface area contributed by atoms with Gasteiger partial charge in [-0.2, -0.15) is 0 Å². The average molecular weight is 373 g/mol. The van der Waals surface area contributed by atoms with Crippen LogP contribution in [0.15, 0.2) is 30.3 Å². The predicted molar refractivity (Wildman–Crippen MR) is 105 cm³/mol. The normalized spacial score (nSPS) is 15.3. The van der Waals surface area contributed by atoms with Crippen molar-refractivity contribution in [3.63, 3.8) is 0 Å². The fourth-order valence-corrected chi connectivity index (χ4v) is 3.63. The number of carbonyl (C=O) groups is 3. The van der Waals surface area contributed by atoms with Crippen LogP contribution in [0.3, 0.4) is 0 Å². The van der Waals surface area contributed by atoms with Crippen molar-refractivity contribution in [2.45, 2.75) is 63.8 Å². The molecule has 6 heteroatoms. The molecule has 1 aromatic carbocycles. The van der Waals surface area contributed by atoms with Crippen molar-refractivity contribution >= 4 is 17.7 Å². The van der Waals surface area contributed by atoms with E-state index in [1.54, 1.807) is 0 Å². The number of rotatable bonds is 11. The quantitative estimate of drug-likeness (QED) is 0.553. The minimum absolute atomic E-state index is 0.189. The topological polar surface area (TPSA) is 101 Å². The standard InChI is InChI=1S/C21H31N3O3/c22-19(25)15-18(21(27)23-14-13-17-7-2-1-3-8-17)24-20(26)12-6-11-16-9-4-5-10-16/h1-3,7-8,16,18H,4-6,9-15H2,(H2,22,25)(H,23,27)(H,24,26)/t18-/m1/s1. The Hall–Kier alpha value is -2.37. The predicted octanol–water partition coefficient (Wildman–Crippen LogP) is 2.07. The summed E-state index contributed by atoms with van der Waals surface area (Å²) in [5.74, 6) is -0.434. The summed E-state index contributed by atoms with van der Waals surface area (Å²) in [5.41, 5.74) is 6.35. The van der Waals surface area contributed by atoms with Crippen LogP contribution < -0.4 is 16.4 Å². The maximum absolute atomic E-state index is 12.4. The van der Waals surface area contributed by atoms with E-state index in [1.807, 2.05) is 30.3 Å². The van der Waals surface area contributed by atoms with Gasteiger partial charge >= 0.3 is 0 Å². The van der Waals surface area contributed by atoms with E-state index >= 15 is 0 Å². The second-order valence-corrected chi connectivity index (χ2v) is 7.36. The zero-order valence-corrected chi connectivity index (χ0v) is 15.9. The Morgan fingerprint density at radius 3 is 2.48 bits per heavy atom. The highest BCUT2D eigenvalue weighted by molar-refractivity contribution is 5.91. The molecule has 0 saturated heterocycles. The van der Waals surface area contributed by atoms with Gasteiger partial charge in [0.25, 0.3) is 0 Å². The molecule has 0 radical (unpaired) electrons. The fourth-order valence-electron chi connectivity index (χ4n) is 3.63. The number of hydrogen-bond donors (Lipinski definition) is 3. The second kappa shape index (κ2) is 11.4. The Labute approximate surface area is 161 Å². The van der Waals surface area contributed by atoms with Crippen LogP contribution >= 0.6 is 0 Å². The monoisotopic (exact) mass is 373 g/mol. The van der Waals surface area contributed by atoms with Crippen LogP contribution in [0.5, 0.6) is 0 Å². The van der Waals surface area contributed by atoms with Crippen LogP contribution in [-0.2, 0) is 20.8 Å². The van der Waals surface area contributed by atoms with Crippen LogP contribution in [0.25, 0.3) is 0 Å². The summed E-state index contributed by atoms with van der Waals surface area (Å²) in [6.45, 7) is 0.440. The number of primary amides is 1. The van der Waals surface area contributed by atoms with Crippen molar-refractivity contribution < 1.29 is 14.4 Å². The highest BCUT2D eigenvalue weighted by Gasteiger charge is 2.23. The largest absolute Gasteiger partial charge is 0.370 e. The van der Waals surface area contributed by atoms with Crippen LogP contribution in [0.2, 0.25) is 0 Å². The summed E-state index contributed by atoms with van der Waals surface area (Å²) >= 11 is 0. The molecule has 0 aromatic heterocycles. The lowest BCUT2D eigenvalue weighted by Gasteiger charge is -2.17. The Kier molecular flexibility index (Phi) is 8.81. The van der Waals surface area contributed by atoms with E-state index in [4.69, 9.17) is 5.73 Å². The summed E-state index contributed by atoms with van der Waals surface area (Å²) in [7, 11) is 0. The van der Waals surface area contributed by atoms with E-state index in [2.05, 4.69) is 10.6 Å². The molecule has 1 atom stereocenters. The molecule has 0 heterocycles. The first-order chi connectivity index (χ1) is 13.0. The van der Waals surface area contributed by atoms with E-state index in [0.29, 0.717) is 19.4 Å². The highest BCUT2D eigenvalue weighted by atomic mass is 16.2. The molecule has 3 amide bonds. The van der Waals surface area contributed by atoms with Crippen molar-refractivity contribution in [2.24, 2.45) is 11.7 Å². The Balaban J connectivity index is 1.73. The lowest BCUT2D eigenvalue weighted by molar-refractivity contribution is -0.131. The summed E-state index contributed by atoms with van der Waals surface area (Å²) in [5, 5.41) is 5.45. The zero-order valence-electron chi connectivity index (χ0n) is 15.9. The van der Waals surface area contributed by atoms with Gasteiger partial charge in [-0.25, -0.2) is 0 Å². The summed E-state index contributed by atoms with van der Waals surface area (Å²) < 4.78 is 0. The minimum atomic E-state index is -0.905. The molecule has 1 aliphatic carbocycles. The molecule has 27 heavy (non-hydrogen) atoms. The number of hydrogen-bond acceptors (Lipinski definition) is 3. The summed E-state index contributed by atoms with van der Waals surface area (Å²) in [6, 6.07) is 8.89. The molecule has 0 bridgehead atoms. The van der Waals surface area contributed by atoms with E-state index in [-0.39, 0.29) is 18.2 Å². The number of benzene rings is 1. The molecule has 0 aliphatic heterocycles. The molecule has 2 rings (SSSR count).